The first-order valence-electron chi connectivity index (χ1n) is 7.01. The molecule has 1 saturated heterocycles. The summed E-state index contributed by atoms with van der Waals surface area (Å²) in [4.78, 5) is 23.4. The molecule has 22 heavy (non-hydrogen) atoms. The topological polar surface area (TPSA) is 75.6 Å². The Balaban J connectivity index is 1.98. The first-order valence-corrected chi connectivity index (χ1v) is 7.80. The number of ether oxygens (including phenoxy) is 1. The molecule has 1 aliphatic heterocycles. The lowest BCUT2D eigenvalue weighted by Crippen LogP contribution is -2.48. The lowest BCUT2D eigenvalue weighted by molar-refractivity contribution is -0.145. The van der Waals surface area contributed by atoms with Gasteiger partial charge in [0.2, 0.25) is 5.91 Å². The Hall–Kier alpha value is -1.47. The summed E-state index contributed by atoms with van der Waals surface area (Å²) in [5, 5.41) is 11.8. The van der Waals surface area contributed by atoms with E-state index in [1.807, 2.05) is 0 Å². The van der Waals surface area contributed by atoms with E-state index in [1.54, 1.807) is 0 Å². The zero-order valence-corrected chi connectivity index (χ0v) is 13.4. The van der Waals surface area contributed by atoms with Crippen LogP contribution in [-0.2, 0) is 20.7 Å². The van der Waals surface area contributed by atoms with Gasteiger partial charge in [-0.15, -0.1) is 0 Å². The van der Waals surface area contributed by atoms with Crippen molar-refractivity contribution in [3.8, 4) is 0 Å². The Morgan fingerprint density at radius 1 is 1.50 bits per heavy atom. The minimum atomic E-state index is -1.07. The van der Waals surface area contributed by atoms with E-state index in [-0.39, 0.29) is 16.8 Å². The van der Waals surface area contributed by atoms with Crippen LogP contribution in [0.3, 0.4) is 0 Å². The van der Waals surface area contributed by atoms with Gasteiger partial charge in [-0.25, -0.2) is 9.18 Å². The predicted octanol–water partition coefficient (Wildman–Crippen LogP) is 2.13. The molecule has 2 N–H and O–H groups in total. The molecule has 2 unspecified atom stereocenters. The summed E-state index contributed by atoms with van der Waals surface area (Å²) in [6, 6.07) is 3.31. The number of benzene rings is 1. The van der Waals surface area contributed by atoms with E-state index in [2.05, 4.69) is 21.2 Å². The van der Waals surface area contributed by atoms with Gasteiger partial charge in [-0.2, -0.15) is 0 Å². The summed E-state index contributed by atoms with van der Waals surface area (Å²) in [6.45, 7) is 0.958. The number of carbonyl (C=O) groups is 2. The lowest BCUT2D eigenvalue weighted by atomic mass is 9.93. The van der Waals surface area contributed by atoms with Gasteiger partial charge in [-0.05, 0) is 46.5 Å². The molecule has 0 aromatic heterocycles. The number of aliphatic carboxylic acids is 1. The van der Waals surface area contributed by atoms with Crippen molar-refractivity contribution in [3.63, 3.8) is 0 Å². The van der Waals surface area contributed by atoms with Crippen molar-refractivity contribution in [1.82, 2.24) is 5.32 Å². The summed E-state index contributed by atoms with van der Waals surface area (Å²) >= 11 is 3.06. The molecular weight excluding hydrogens is 357 g/mol. The zero-order chi connectivity index (χ0) is 16.1. The second-order valence-corrected chi connectivity index (χ2v) is 6.14. The van der Waals surface area contributed by atoms with Crippen LogP contribution < -0.4 is 5.32 Å². The second kappa shape index (κ2) is 7.69. The molecule has 2 rings (SSSR count). The molecule has 5 nitrogen and oxygen atoms in total. The molecule has 1 aromatic carbocycles. The van der Waals surface area contributed by atoms with Crippen LogP contribution in [0.15, 0.2) is 22.7 Å². The second-order valence-electron chi connectivity index (χ2n) is 5.29. The molecule has 1 amide bonds. The minimum Gasteiger partial charge on any atom is -0.480 e. The van der Waals surface area contributed by atoms with Gasteiger partial charge >= 0.3 is 5.97 Å². The van der Waals surface area contributed by atoms with Crippen LogP contribution in [0.2, 0.25) is 0 Å². The summed E-state index contributed by atoms with van der Waals surface area (Å²) in [5.74, 6) is -2.11. The van der Waals surface area contributed by atoms with Crippen LogP contribution in [0.4, 0.5) is 4.39 Å². The fourth-order valence-corrected chi connectivity index (χ4v) is 2.90. The number of carbonyl (C=O) groups excluding carboxylic acids is 1. The number of halogens is 2. The van der Waals surface area contributed by atoms with Gasteiger partial charge in [0.25, 0.3) is 0 Å². The van der Waals surface area contributed by atoms with E-state index in [0.29, 0.717) is 25.2 Å². The molecule has 1 aliphatic rings. The van der Waals surface area contributed by atoms with Crippen molar-refractivity contribution >= 4 is 27.8 Å². The molecule has 0 saturated carbocycles. The van der Waals surface area contributed by atoms with Crippen LogP contribution >= 0.6 is 15.9 Å². The number of rotatable bonds is 5. The van der Waals surface area contributed by atoms with E-state index >= 15 is 0 Å². The molecule has 7 heteroatoms. The van der Waals surface area contributed by atoms with Crippen molar-refractivity contribution in [2.75, 3.05) is 13.2 Å². The summed E-state index contributed by atoms with van der Waals surface area (Å²) in [7, 11) is 0. The van der Waals surface area contributed by atoms with Gasteiger partial charge in [0.15, 0.2) is 0 Å². The maximum atomic E-state index is 13.2. The van der Waals surface area contributed by atoms with Crippen LogP contribution in [0.1, 0.15) is 18.4 Å². The van der Waals surface area contributed by atoms with Crippen molar-refractivity contribution in [2.45, 2.75) is 25.3 Å². The van der Waals surface area contributed by atoms with Gasteiger partial charge in [0, 0.05) is 12.5 Å². The maximum Gasteiger partial charge on any atom is 0.326 e. The van der Waals surface area contributed by atoms with Crippen LogP contribution in [0.25, 0.3) is 0 Å². The highest BCUT2D eigenvalue weighted by molar-refractivity contribution is 9.10. The molecule has 0 aliphatic carbocycles. The predicted molar refractivity (Wildman–Crippen MR) is 80.9 cm³/mol. The molecule has 0 radical (unpaired) electrons. The third-order valence-electron chi connectivity index (χ3n) is 3.60. The van der Waals surface area contributed by atoms with Crippen molar-refractivity contribution < 1.29 is 23.8 Å². The highest BCUT2D eigenvalue weighted by Gasteiger charge is 2.31. The van der Waals surface area contributed by atoms with Crippen LogP contribution in [-0.4, -0.2) is 36.2 Å². The van der Waals surface area contributed by atoms with Gasteiger partial charge in [0.05, 0.1) is 17.5 Å². The molecule has 1 fully saturated rings. The number of amides is 1. The van der Waals surface area contributed by atoms with Crippen LogP contribution in [0.5, 0.6) is 0 Å². The average Bonchev–Trinajstić information content (AvgIpc) is 2.49. The fourth-order valence-electron chi connectivity index (χ4n) is 2.47. The SMILES string of the molecule is O=C(Cc1ccc(F)c(Br)c1)NC(C(=O)O)C1CCCOC1. The number of carboxylic acid groups (broad SMARTS) is 1. The molecule has 0 spiro atoms. The van der Waals surface area contributed by atoms with E-state index in [0.717, 1.165) is 6.42 Å². The van der Waals surface area contributed by atoms with Crippen molar-refractivity contribution in [1.29, 1.82) is 0 Å². The Labute approximate surface area is 136 Å². The summed E-state index contributed by atoms with van der Waals surface area (Å²) in [5.41, 5.74) is 0.606. The van der Waals surface area contributed by atoms with E-state index in [1.165, 1.54) is 18.2 Å². The van der Waals surface area contributed by atoms with Crippen molar-refractivity contribution in [2.24, 2.45) is 5.92 Å². The fraction of sp³-hybridized carbons (Fsp3) is 0.467. The Kier molecular flexibility index (Phi) is 5.90. The van der Waals surface area contributed by atoms with Gasteiger partial charge in [0.1, 0.15) is 11.9 Å². The molecule has 1 aromatic rings. The van der Waals surface area contributed by atoms with E-state index in [4.69, 9.17) is 4.74 Å². The highest BCUT2D eigenvalue weighted by atomic mass is 79.9. The highest BCUT2D eigenvalue weighted by Crippen LogP contribution is 2.19. The smallest absolute Gasteiger partial charge is 0.326 e. The summed E-state index contributed by atoms with van der Waals surface area (Å²) in [6.07, 6.45) is 1.49. The Bertz CT molecular complexity index is 560. The minimum absolute atomic E-state index is 0.00373. The Morgan fingerprint density at radius 2 is 2.27 bits per heavy atom. The normalized spacial score (nSPS) is 19.5. The Morgan fingerprint density at radius 3 is 2.86 bits per heavy atom. The number of carboxylic acids is 1. The molecule has 0 bridgehead atoms. The quantitative estimate of drug-likeness (QED) is 0.828. The van der Waals surface area contributed by atoms with E-state index < -0.39 is 23.7 Å². The maximum absolute atomic E-state index is 13.2. The molecule has 120 valence electrons. The summed E-state index contributed by atoms with van der Waals surface area (Å²) < 4.78 is 18.7. The monoisotopic (exact) mass is 373 g/mol. The van der Waals surface area contributed by atoms with Gasteiger partial charge in [-0.3, -0.25) is 4.79 Å². The standard InChI is InChI=1S/C15H17BrFNO4/c16-11-6-9(3-4-12(11)17)7-13(19)18-14(15(20)21)10-2-1-5-22-8-10/h3-4,6,10,14H,1-2,5,7-8H2,(H,18,19)(H,20,21). The van der Waals surface area contributed by atoms with E-state index in [9.17, 15) is 19.1 Å². The number of hydrogen-bond acceptors (Lipinski definition) is 3. The first kappa shape index (κ1) is 16.9. The third-order valence-corrected chi connectivity index (χ3v) is 4.21. The molecular formula is C15H17BrFNO4. The number of hydrogen-bond donors (Lipinski definition) is 2. The average molecular weight is 374 g/mol. The third kappa shape index (κ3) is 4.51. The lowest BCUT2D eigenvalue weighted by Gasteiger charge is -2.28. The first-order chi connectivity index (χ1) is 10.5. The molecule has 2 atom stereocenters. The van der Waals surface area contributed by atoms with Crippen LogP contribution in [0, 0.1) is 11.7 Å². The number of nitrogens with one attached hydrogen (secondary N) is 1. The molecule has 1 heterocycles. The largest absolute Gasteiger partial charge is 0.480 e. The zero-order valence-electron chi connectivity index (χ0n) is 11.9. The van der Waals surface area contributed by atoms with Gasteiger partial charge in [-0.1, -0.05) is 6.07 Å². The van der Waals surface area contributed by atoms with Crippen molar-refractivity contribution in [3.05, 3.63) is 34.1 Å². The van der Waals surface area contributed by atoms with Gasteiger partial charge < -0.3 is 15.2 Å².